The number of carbonyl (C=O) groups is 1. The molecule has 110 valence electrons. The van der Waals surface area contributed by atoms with Crippen molar-refractivity contribution in [1.82, 2.24) is 10.6 Å². The molecule has 1 unspecified atom stereocenters. The zero-order chi connectivity index (χ0) is 14.5. The van der Waals surface area contributed by atoms with E-state index in [0.717, 1.165) is 31.0 Å². The number of carbonyl (C=O) groups excluding carboxylic acids is 1. The van der Waals surface area contributed by atoms with Crippen LogP contribution in [0.2, 0.25) is 0 Å². The average Bonchev–Trinajstić information content (AvgIpc) is 2.92. The molecule has 0 aromatic heterocycles. The van der Waals surface area contributed by atoms with Gasteiger partial charge in [0.25, 0.3) is 0 Å². The average molecular weight is 282 g/mol. The van der Waals surface area contributed by atoms with Gasteiger partial charge in [0.05, 0.1) is 12.6 Å². The number of amides is 1. The molecule has 0 bridgehead atoms. The molecule has 1 aliphatic rings. The molecular formula is C15H20F2N2O. The Morgan fingerprint density at radius 3 is 2.75 bits per heavy atom. The molecule has 1 saturated carbocycles. The first-order chi connectivity index (χ1) is 9.56. The zero-order valence-electron chi connectivity index (χ0n) is 11.6. The molecule has 0 spiro atoms. The van der Waals surface area contributed by atoms with Crippen molar-refractivity contribution in [2.24, 2.45) is 0 Å². The highest BCUT2D eigenvalue weighted by molar-refractivity contribution is 5.78. The van der Waals surface area contributed by atoms with E-state index in [9.17, 15) is 13.6 Å². The van der Waals surface area contributed by atoms with Gasteiger partial charge in [-0.05, 0) is 38.0 Å². The van der Waals surface area contributed by atoms with Crippen molar-refractivity contribution in [3.05, 3.63) is 35.4 Å². The predicted octanol–water partition coefficient (Wildman–Crippen LogP) is 2.67. The van der Waals surface area contributed by atoms with E-state index in [2.05, 4.69) is 10.6 Å². The summed E-state index contributed by atoms with van der Waals surface area (Å²) >= 11 is 0. The van der Waals surface area contributed by atoms with Crippen LogP contribution < -0.4 is 10.6 Å². The van der Waals surface area contributed by atoms with E-state index in [1.807, 2.05) is 0 Å². The number of hydrogen-bond donors (Lipinski definition) is 2. The number of hydrogen-bond acceptors (Lipinski definition) is 2. The van der Waals surface area contributed by atoms with Crippen molar-refractivity contribution in [2.45, 2.75) is 44.7 Å². The van der Waals surface area contributed by atoms with Gasteiger partial charge < -0.3 is 10.6 Å². The van der Waals surface area contributed by atoms with Gasteiger partial charge in [0.15, 0.2) is 0 Å². The fourth-order valence-corrected chi connectivity index (χ4v) is 2.58. The lowest BCUT2D eigenvalue weighted by molar-refractivity contribution is -0.121. The third-order valence-corrected chi connectivity index (χ3v) is 3.71. The lowest BCUT2D eigenvalue weighted by Crippen LogP contribution is -2.39. The number of benzene rings is 1. The van der Waals surface area contributed by atoms with Crippen LogP contribution in [0.25, 0.3) is 0 Å². The third-order valence-electron chi connectivity index (χ3n) is 3.71. The van der Waals surface area contributed by atoms with Gasteiger partial charge in [0, 0.05) is 11.6 Å². The molecule has 0 saturated heterocycles. The molecular weight excluding hydrogens is 262 g/mol. The van der Waals surface area contributed by atoms with Crippen LogP contribution in [0, 0.1) is 11.6 Å². The minimum Gasteiger partial charge on any atom is -0.348 e. The van der Waals surface area contributed by atoms with E-state index in [0.29, 0.717) is 6.04 Å². The Bertz CT molecular complexity index is 473. The van der Waals surface area contributed by atoms with Gasteiger partial charge in [0.1, 0.15) is 11.6 Å². The number of nitrogens with one attached hydrogen (secondary N) is 2. The molecule has 1 amide bonds. The summed E-state index contributed by atoms with van der Waals surface area (Å²) in [6.45, 7) is 1.86. The zero-order valence-corrected chi connectivity index (χ0v) is 11.6. The molecule has 0 aliphatic heterocycles. The van der Waals surface area contributed by atoms with E-state index in [1.54, 1.807) is 6.92 Å². The van der Waals surface area contributed by atoms with Crippen molar-refractivity contribution in [3.63, 3.8) is 0 Å². The van der Waals surface area contributed by atoms with Crippen LogP contribution >= 0.6 is 0 Å². The molecule has 5 heteroatoms. The van der Waals surface area contributed by atoms with Gasteiger partial charge in [-0.1, -0.05) is 12.8 Å². The lowest BCUT2D eigenvalue weighted by Gasteiger charge is -2.17. The van der Waals surface area contributed by atoms with Crippen LogP contribution in [-0.4, -0.2) is 18.5 Å². The standard InChI is InChI=1S/C15H20F2N2O/c1-10(13-8-11(16)6-7-14(13)17)19-15(20)9-18-12-4-2-3-5-12/h6-8,10,12,18H,2-5,9H2,1H3,(H,19,20). The van der Waals surface area contributed by atoms with Gasteiger partial charge in [-0.3, -0.25) is 4.79 Å². The lowest BCUT2D eigenvalue weighted by atomic mass is 10.1. The molecule has 2 N–H and O–H groups in total. The van der Waals surface area contributed by atoms with Crippen molar-refractivity contribution in [3.8, 4) is 0 Å². The highest BCUT2D eigenvalue weighted by Gasteiger charge is 2.17. The van der Waals surface area contributed by atoms with Gasteiger partial charge >= 0.3 is 0 Å². The van der Waals surface area contributed by atoms with Crippen LogP contribution in [0.15, 0.2) is 18.2 Å². The maximum Gasteiger partial charge on any atom is 0.234 e. The van der Waals surface area contributed by atoms with Gasteiger partial charge in [0.2, 0.25) is 5.91 Å². The van der Waals surface area contributed by atoms with Gasteiger partial charge in [-0.25, -0.2) is 8.78 Å². The summed E-state index contributed by atoms with van der Waals surface area (Å²) in [5.74, 6) is -1.22. The Labute approximate surface area is 117 Å². The first kappa shape index (κ1) is 14.9. The number of rotatable bonds is 5. The molecule has 1 fully saturated rings. The van der Waals surface area contributed by atoms with Crippen LogP contribution in [-0.2, 0) is 4.79 Å². The fraction of sp³-hybridized carbons (Fsp3) is 0.533. The second-order valence-corrected chi connectivity index (χ2v) is 5.32. The Balaban J connectivity index is 1.85. The topological polar surface area (TPSA) is 41.1 Å². The molecule has 1 aromatic rings. The van der Waals surface area contributed by atoms with E-state index in [1.165, 1.54) is 12.8 Å². The summed E-state index contributed by atoms with van der Waals surface area (Å²) in [4.78, 5) is 11.8. The summed E-state index contributed by atoms with van der Waals surface area (Å²) < 4.78 is 26.7. The Morgan fingerprint density at radius 1 is 1.35 bits per heavy atom. The van der Waals surface area contributed by atoms with Crippen molar-refractivity contribution < 1.29 is 13.6 Å². The summed E-state index contributed by atoms with van der Waals surface area (Å²) in [5.41, 5.74) is 0.166. The summed E-state index contributed by atoms with van der Waals surface area (Å²) in [6.07, 6.45) is 4.59. The maximum atomic E-state index is 13.6. The van der Waals surface area contributed by atoms with Gasteiger partial charge in [-0.15, -0.1) is 0 Å². The fourth-order valence-electron chi connectivity index (χ4n) is 2.58. The van der Waals surface area contributed by atoms with Crippen LogP contribution in [0.3, 0.4) is 0 Å². The number of halogens is 2. The molecule has 1 atom stereocenters. The van der Waals surface area contributed by atoms with Crippen LogP contribution in [0.1, 0.15) is 44.2 Å². The maximum absolute atomic E-state index is 13.6. The van der Waals surface area contributed by atoms with Crippen molar-refractivity contribution >= 4 is 5.91 Å². The second kappa shape index (κ2) is 6.79. The monoisotopic (exact) mass is 282 g/mol. The first-order valence-corrected chi connectivity index (χ1v) is 7.04. The Kier molecular flexibility index (Phi) is 5.06. The predicted molar refractivity (Wildman–Crippen MR) is 73.2 cm³/mol. The molecule has 0 heterocycles. The highest BCUT2D eigenvalue weighted by Crippen LogP contribution is 2.18. The van der Waals surface area contributed by atoms with E-state index in [-0.39, 0.29) is 18.0 Å². The van der Waals surface area contributed by atoms with Crippen molar-refractivity contribution in [1.29, 1.82) is 0 Å². The third kappa shape index (κ3) is 4.00. The van der Waals surface area contributed by atoms with Crippen LogP contribution in [0.5, 0.6) is 0 Å². The molecule has 1 aliphatic carbocycles. The largest absolute Gasteiger partial charge is 0.348 e. The summed E-state index contributed by atoms with van der Waals surface area (Å²) in [7, 11) is 0. The summed E-state index contributed by atoms with van der Waals surface area (Å²) in [6, 6.07) is 3.11. The Morgan fingerprint density at radius 2 is 2.05 bits per heavy atom. The molecule has 20 heavy (non-hydrogen) atoms. The smallest absolute Gasteiger partial charge is 0.234 e. The van der Waals surface area contributed by atoms with Gasteiger partial charge in [-0.2, -0.15) is 0 Å². The molecule has 2 rings (SSSR count). The Hall–Kier alpha value is -1.49. The summed E-state index contributed by atoms with van der Waals surface area (Å²) in [5, 5.41) is 5.86. The second-order valence-electron chi connectivity index (χ2n) is 5.32. The SMILES string of the molecule is CC(NC(=O)CNC1CCCC1)c1cc(F)ccc1F. The quantitative estimate of drug-likeness (QED) is 0.871. The minimum atomic E-state index is -0.552. The van der Waals surface area contributed by atoms with Crippen molar-refractivity contribution in [2.75, 3.05) is 6.54 Å². The van der Waals surface area contributed by atoms with Crippen LogP contribution in [0.4, 0.5) is 8.78 Å². The molecule has 3 nitrogen and oxygen atoms in total. The normalized spacial score (nSPS) is 17.1. The van der Waals surface area contributed by atoms with E-state index < -0.39 is 17.7 Å². The van der Waals surface area contributed by atoms with E-state index in [4.69, 9.17) is 0 Å². The minimum absolute atomic E-state index is 0.166. The molecule has 0 radical (unpaired) electrons. The molecule has 1 aromatic carbocycles. The highest BCUT2D eigenvalue weighted by atomic mass is 19.1. The first-order valence-electron chi connectivity index (χ1n) is 7.04. The van der Waals surface area contributed by atoms with E-state index >= 15 is 0 Å².